The molecule has 0 unspecified atom stereocenters. The Labute approximate surface area is 138 Å². The van der Waals surface area contributed by atoms with Crippen molar-refractivity contribution in [2.24, 2.45) is 23.2 Å². The molecule has 1 N–H and O–H groups in total. The lowest BCUT2D eigenvalue weighted by Crippen LogP contribution is -2.54. The molecule has 0 bridgehead atoms. The second-order valence-corrected chi connectivity index (χ2v) is 6.76. The van der Waals surface area contributed by atoms with E-state index in [4.69, 9.17) is 5.41 Å². The van der Waals surface area contributed by atoms with E-state index in [0.29, 0.717) is 6.04 Å². The number of rotatable bonds is 3. The van der Waals surface area contributed by atoms with Crippen molar-refractivity contribution >= 4 is 5.71 Å². The highest BCUT2D eigenvalue weighted by Crippen LogP contribution is 2.50. The van der Waals surface area contributed by atoms with Crippen molar-refractivity contribution in [3.8, 4) is 18.2 Å². The molecule has 3 atom stereocenters. The molecule has 0 spiro atoms. The lowest BCUT2D eigenvalue weighted by atomic mass is 9.55. The molecule has 1 saturated carbocycles. The quantitative estimate of drug-likeness (QED) is 0.810. The monoisotopic (exact) mass is 309 g/mol. The summed E-state index contributed by atoms with van der Waals surface area (Å²) in [6, 6.07) is 6.76. The van der Waals surface area contributed by atoms with Gasteiger partial charge in [0.15, 0.2) is 5.41 Å². The molecule has 0 aromatic carbocycles. The molecule has 5 nitrogen and oxygen atoms in total. The fourth-order valence-electron chi connectivity index (χ4n) is 3.99. The Bertz CT molecular complexity index is 626. The molecule has 1 fully saturated rings. The van der Waals surface area contributed by atoms with Gasteiger partial charge in [-0.05, 0) is 31.8 Å². The third-order valence-corrected chi connectivity index (χ3v) is 5.32. The molecular weight excluding hydrogens is 286 g/mol. The van der Waals surface area contributed by atoms with Crippen LogP contribution in [0.15, 0.2) is 11.6 Å². The van der Waals surface area contributed by atoms with E-state index < -0.39 is 11.3 Å². The number of nitrogens with zero attached hydrogens (tertiary/aromatic N) is 4. The molecular formula is C18H23N5. The molecule has 0 saturated heterocycles. The van der Waals surface area contributed by atoms with Crippen molar-refractivity contribution in [3.63, 3.8) is 0 Å². The molecule has 120 valence electrons. The van der Waals surface area contributed by atoms with Crippen molar-refractivity contribution in [1.82, 2.24) is 4.90 Å². The van der Waals surface area contributed by atoms with Crippen LogP contribution in [0.5, 0.6) is 0 Å². The maximum Gasteiger partial charge on any atom is 0.185 e. The van der Waals surface area contributed by atoms with E-state index in [-0.39, 0.29) is 17.5 Å². The first-order valence-electron chi connectivity index (χ1n) is 8.21. The lowest BCUT2D eigenvalue weighted by Gasteiger charge is -2.48. The minimum Gasteiger partial charge on any atom is -0.305 e. The van der Waals surface area contributed by atoms with Crippen molar-refractivity contribution in [3.05, 3.63) is 11.6 Å². The summed E-state index contributed by atoms with van der Waals surface area (Å²) in [5.74, 6) is -0.946. The summed E-state index contributed by atoms with van der Waals surface area (Å²) in [6.07, 6.45) is 3.62. The minimum absolute atomic E-state index is 0.00384. The summed E-state index contributed by atoms with van der Waals surface area (Å²) in [4.78, 5) is 2.31. The summed E-state index contributed by atoms with van der Waals surface area (Å²) in [5.41, 5.74) is -0.545. The van der Waals surface area contributed by atoms with Gasteiger partial charge in [0.25, 0.3) is 0 Å². The summed E-state index contributed by atoms with van der Waals surface area (Å²) in [5, 5.41) is 37.4. The lowest BCUT2D eigenvalue weighted by molar-refractivity contribution is 0.137. The molecule has 2 rings (SSSR count). The van der Waals surface area contributed by atoms with Gasteiger partial charge in [-0.25, -0.2) is 0 Å². The Morgan fingerprint density at radius 3 is 2.48 bits per heavy atom. The number of fused-ring (bicyclic) bond motifs is 1. The molecule has 0 aromatic rings. The molecule has 0 aromatic heterocycles. The van der Waals surface area contributed by atoms with Gasteiger partial charge in [-0.15, -0.1) is 0 Å². The van der Waals surface area contributed by atoms with Crippen LogP contribution in [-0.2, 0) is 0 Å². The predicted octanol–water partition coefficient (Wildman–Crippen LogP) is 2.88. The molecule has 0 amide bonds. The van der Waals surface area contributed by atoms with Gasteiger partial charge < -0.3 is 5.41 Å². The summed E-state index contributed by atoms with van der Waals surface area (Å²) >= 11 is 0. The van der Waals surface area contributed by atoms with Crippen molar-refractivity contribution in [2.75, 3.05) is 13.1 Å². The average molecular weight is 309 g/mol. The van der Waals surface area contributed by atoms with Crippen LogP contribution in [0.2, 0.25) is 0 Å². The SMILES string of the molecule is CCC[C@H]1[C@@H]2CN(C(C)C)CC=C2[C@@H](C#N)C(=N)C1(C#N)C#N. The number of nitrogens with one attached hydrogen (secondary N) is 1. The second kappa shape index (κ2) is 6.53. The Morgan fingerprint density at radius 2 is 2.00 bits per heavy atom. The van der Waals surface area contributed by atoms with Gasteiger partial charge in [-0.1, -0.05) is 19.4 Å². The highest BCUT2D eigenvalue weighted by molar-refractivity contribution is 6.00. The van der Waals surface area contributed by atoms with Gasteiger partial charge in [0, 0.05) is 25.0 Å². The average Bonchev–Trinajstić information content (AvgIpc) is 2.56. The first-order chi connectivity index (χ1) is 11.0. The first-order valence-corrected chi connectivity index (χ1v) is 8.21. The van der Waals surface area contributed by atoms with E-state index in [1.54, 1.807) is 0 Å². The summed E-state index contributed by atoms with van der Waals surface area (Å²) in [6.45, 7) is 7.81. The Kier molecular flexibility index (Phi) is 4.88. The van der Waals surface area contributed by atoms with Gasteiger partial charge >= 0.3 is 0 Å². The topological polar surface area (TPSA) is 98.5 Å². The first kappa shape index (κ1) is 17.2. The number of hydrogen-bond acceptors (Lipinski definition) is 5. The maximum atomic E-state index is 9.73. The van der Waals surface area contributed by atoms with Crippen LogP contribution in [0, 0.1) is 62.6 Å². The van der Waals surface area contributed by atoms with Gasteiger partial charge in [-0.3, -0.25) is 4.90 Å². The van der Waals surface area contributed by atoms with Crippen molar-refractivity contribution < 1.29 is 0 Å². The van der Waals surface area contributed by atoms with Crippen LogP contribution in [-0.4, -0.2) is 29.7 Å². The van der Waals surface area contributed by atoms with Gasteiger partial charge in [-0.2, -0.15) is 15.8 Å². The van der Waals surface area contributed by atoms with E-state index in [1.165, 1.54) is 0 Å². The van der Waals surface area contributed by atoms with Crippen LogP contribution in [0.25, 0.3) is 0 Å². The van der Waals surface area contributed by atoms with E-state index in [2.05, 4.69) is 43.0 Å². The Balaban J connectivity index is 2.58. The molecule has 5 heteroatoms. The third-order valence-electron chi connectivity index (χ3n) is 5.32. The van der Waals surface area contributed by atoms with Crippen molar-refractivity contribution in [2.45, 2.75) is 39.7 Å². The second-order valence-electron chi connectivity index (χ2n) is 6.76. The van der Waals surface area contributed by atoms with Crippen LogP contribution in [0.4, 0.5) is 0 Å². The molecule has 23 heavy (non-hydrogen) atoms. The normalized spacial score (nSPS) is 29.9. The highest BCUT2D eigenvalue weighted by atomic mass is 15.2. The summed E-state index contributed by atoms with van der Waals surface area (Å²) in [7, 11) is 0. The van der Waals surface area contributed by atoms with Crippen LogP contribution < -0.4 is 0 Å². The van der Waals surface area contributed by atoms with Crippen LogP contribution in [0.1, 0.15) is 33.6 Å². The van der Waals surface area contributed by atoms with Gasteiger partial charge in [0.05, 0.1) is 23.9 Å². The maximum absolute atomic E-state index is 9.73. The fraction of sp³-hybridized carbons (Fsp3) is 0.667. The van der Waals surface area contributed by atoms with Crippen LogP contribution >= 0.6 is 0 Å². The largest absolute Gasteiger partial charge is 0.305 e. The Hall–Kier alpha value is -2.16. The summed E-state index contributed by atoms with van der Waals surface area (Å²) < 4.78 is 0. The standard InChI is InChI=1S/C18H23N5/c1-4-5-16-15-9-23(12(2)3)7-6-13(15)14(8-19)17(22)18(16,10-20)11-21/h6,12,14-16,22H,4-5,7,9H2,1-3H3/t14-,15-,16+/m1/s1. The zero-order valence-corrected chi connectivity index (χ0v) is 14.0. The van der Waals surface area contributed by atoms with Gasteiger partial charge in [0.2, 0.25) is 0 Å². The molecule has 2 aliphatic rings. The smallest absolute Gasteiger partial charge is 0.185 e. The van der Waals surface area contributed by atoms with E-state index in [0.717, 1.165) is 31.5 Å². The van der Waals surface area contributed by atoms with E-state index >= 15 is 0 Å². The molecule has 0 radical (unpaired) electrons. The zero-order chi connectivity index (χ0) is 17.2. The van der Waals surface area contributed by atoms with E-state index in [9.17, 15) is 15.8 Å². The molecule has 1 aliphatic carbocycles. The zero-order valence-electron chi connectivity index (χ0n) is 14.0. The molecule has 1 heterocycles. The molecule has 1 aliphatic heterocycles. The van der Waals surface area contributed by atoms with E-state index in [1.807, 2.05) is 6.92 Å². The predicted molar refractivity (Wildman–Crippen MR) is 87.2 cm³/mol. The minimum atomic E-state index is -1.47. The third kappa shape index (κ3) is 2.54. The van der Waals surface area contributed by atoms with Crippen molar-refractivity contribution in [1.29, 1.82) is 21.2 Å². The highest BCUT2D eigenvalue weighted by Gasteiger charge is 2.56. The number of hydrogen-bond donors (Lipinski definition) is 1. The fourth-order valence-corrected chi connectivity index (χ4v) is 3.99. The Morgan fingerprint density at radius 1 is 1.35 bits per heavy atom. The van der Waals surface area contributed by atoms with Crippen LogP contribution in [0.3, 0.4) is 0 Å². The van der Waals surface area contributed by atoms with Gasteiger partial charge in [0.1, 0.15) is 5.92 Å². The number of nitriles is 3.